The molecule has 5 heteroatoms. The Morgan fingerprint density at radius 2 is 1.83 bits per heavy atom. The van der Waals surface area contributed by atoms with Gasteiger partial charge in [0.15, 0.2) is 0 Å². The van der Waals surface area contributed by atoms with Gasteiger partial charge in [0.1, 0.15) is 11.6 Å². The predicted octanol–water partition coefficient (Wildman–Crippen LogP) is 5.13. The van der Waals surface area contributed by atoms with Crippen molar-refractivity contribution in [1.82, 2.24) is 14.5 Å². The molecule has 162 valence electrons. The molecule has 30 heavy (non-hydrogen) atoms. The van der Waals surface area contributed by atoms with Gasteiger partial charge in [-0.1, -0.05) is 37.8 Å². The molecule has 1 atom stereocenters. The number of rotatable bonds is 7. The number of nitrogens with zero attached hydrogens (tertiary/aromatic N) is 3. The highest BCUT2D eigenvalue weighted by Crippen LogP contribution is 2.29. The smallest absolute Gasteiger partial charge is 0.222 e. The van der Waals surface area contributed by atoms with E-state index in [-0.39, 0.29) is 5.82 Å². The van der Waals surface area contributed by atoms with Crippen LogP contribution in [0.1, 0.15) is 68.4 Å². The Morgan fingerprint density at radius 3 is 2.60 bits per heavy atom. The molecule has 2 heterocycles. The number of likely N-dealkylation sites (tertiary alicyclic amines) is 1. The van der Waals surface area contributed by atoms with Gasteiger partial charge >= 0.3 is 0 Å². The van der Waals surface area contributed by atoms with E-state index in [0.29, 0.717) is 18.4 Å². The number of aryl methyl sites for hydroxylation is 1. The molecule has 1 aromatic carbocycles. The molecule has 1 aromatic heterocycles. The Kier molecular flexibility index (Phi) is 6.86. The molecule has 0 radical (unpaired) electrons. The molecule has 0 N–H and O–H groups in total. The van der Waals surface area contributed by atoms with Crippen molar-refractivity contribution in [2.45, 2.75) is 71.3 Å². The number of amides is 1. The third-order valence-electron chi connectivity index (χ3n) is 6.98. The number of hydrogen-bond acceptors (Lipinski definition) is 2. The van der Waals surface area contributed by atoms with E-state index in [2.05, 4.69) is 21.4 Å². The van der Waals surface area contributed by atoms with Crippen molar-refractivity contribution in [2.24, 2.45) is 11.8 Å². The van der Waals surface area contributed by atoms with Gasteiger partial charge in [-0.3, -0.25) is 4.79 Å². The molecule has 1 saturated heterocycles. The van der Waals surface area contributed by atoms with Crippen LogP contribution >= 0.6 is 0 Å². The van der Waals surface area contributed by atoms with Gasteiger partial charge in [-0.05, 0) is 55.7 Å². The first-order valence-electron chi connectivity index (χ1n) is 11.6. The fraction of sp³-hybridized carbons (Fsp3) is 0.600. The number of carbonyl (C=O) groups excluding carboxylic acids is 1. The largest absolute Gasteiger partial charge is 0.342 e. The fourth-order valence-corrected chi connectivity index (χ4v) is 5.16. The van der Waals surface area contributed by atoms with Crippen molar-refractivity contribution in [3.8, 4) is 0 Å². The first-order chi connectivity index (χ1) is 14.6. The van der Waals surface area contributed by atoms with Gasteiger partial charge in [0, 0.05) is 44.4 Å². The lowest BCUT2D eigenvalue weighted by molar-refractivity contribution is -0.133. The summed E-state index contributed by atoms with van der Waals surface area (Å²) in [6.07, 6.45) is 12.1. The van der Waals surface area contributed by atoms with Crippen molar-refractivity contribution in [2.75, 3.05) is 13.1 Å². The maximum atomic E-state index is 13.2. The van der Waals surface area contributed by atoms with Crippen LogP contribution in [-0.4, -0.2) is 33.4 Å². The maximum absolute atomic E-state index is 13.2. The van der Waals surface area contributed by atoms with Crippen LogP contribution < -0.4 is 0 Å². The van der Waals surface area contributed by atoms with E-state index in [9.17, 15) is 9.18 Å². The van der Waals surface area contributed by atoms with Crippen molar-refractivity contribution in [3.05, 3.63) is 53.4 Å². The first-order valence-corrected chi connectivity index (χ1v) is 11.6. The van der Waals surface area contributed by atoms with Crippen molar-refractivity contribution < 1.29 is 9.18 Å². The Balaban J connectivity index is 1.34. The molecule has 4 rings (SSSR count). The van der Waals surface area contributed by atoms with Crippen LogP contribution in [0.2, 0.25) is 0 Å². The van der Waals surface area contributed by atoms with Gasteiger partial charge < -0.3 is 9.47 Å². The quantitative estimate of drug-likeness (QED) is 0.633. The van der Waals surface area contributed by atoms with E-state index in [4.69, 9.17) is 0 Å². The molecule has 1 unspecified atom stereocenters. The molecule has 2 fully saturated rings. The van der Waals surface area contributed by atoms with E-state index in [0.717, 1.165) is 68.2 Å². The third kappa shape index (κ3) is 5.30. The average molecular weight is 412 g/mol. The van der Waals surface area contributed by atoms with Gasteiger partial charge in [0.25, 0.3) is 0 Å². The molecule has 1 amide bonds. The van der Waals surface area contributed by atoms with E-state index < -0.39 is 0 Å². The van der Waals surface area contributed by atoms with Crippen LogP contribution in [0.4, 0.5) is 4.39 Å². The van der Waals surface area contributed by atoms with Crippen LogP contribution in [0.15, 0.2) is 30.5 Å². The first kappa shape index (κ1) is 21.1. The van der Waals surface area contributed by atoms with Gasteiger partial charge in [0.2, 0.25) is 5.91 Å². The number of piperidine rings is 1. The van der Waals surface area contributed by atoms with Crippen molar-refractivity contribution in [3.63, 3.8) is 0 Å². The monoisotopic (exact) mass is 411 g/mol. The lowest BCUT2D eigenvalue weighted by atomic mass is 9.93. The lowest BCUT2D eigenvalue weighted by Crippen LogP contribution is -2.40. The van der Waals surface area contributed by atoms with Crippen LogP contribution in [0.5, 0.6) is 0 Å². The summed E-state index contributed by atoms with van der Waals surface area (Å²) in [5, 5.41) is 0. The number of carbonyl (C=O) groups is 1. The van der Waals surface area contributed by atoms with Crippen LogP contribution in [0, 0.1) is 24.6 Å². The Labute approximate surface area is 179 Å². The molecule has 0 spiro atoms. The standard InChI is InChI=1S/C25H34FN3O/c1-19-16-27-24(29(19)18-21-8-11-23(26)12-9-21)15-22-7-4-14-28(17-22)25(30)13-10-20-5-2-3-6-20/h8-9,11-12,16,20,22H,2-7,10,13-15,17-18H2,1H3. The number of halogens is 1. The minimum Gasteiger partial charge on any atom is -0.342 e. The zero-order valence-corrected chi connectivity index (χ0v) is 18.2. The van der Waals surface area contributed by atoms with Gasteiger partial charge in [-0.15, -0.1) is 0 Å². The Bertz CT molecular complexity index is 839. The van der Waals surface area contributed by atoms with Gasteiger partial charge in [-0.2, -0.15) is 0 Å². The Morgan fingerprint density at radius 1 is 1.10 bits per heavy atom. The molecule has 2 aromatic rings. The maximum Gasteiger partial charge on any atom is 0.222 e. The highest BCUT2D eigenvalue weighted by atomic mass is 19.1. The Hall–Kier alpha value is -2.17. The highest BCUT2D eigenvalue weighted by molar-refractivity contribution is 5.76. The fourth-order valence-electron chi connectivity index (χ4n) is 5.16. The summed E-state index contributed by atoms with van der Waals surface area (Å²) in [7, 11) is 0. The summed E-state index contributed by atoms with van der Waals surface area (Å²) >= 11 is 0. The summed E-state index contributed by atoms with van der Waals surface area (Å²) < 4.78 is 15.5. The van der Waals surface area contributed by atoms with Crippen molar-refractivity contribution in [1.29, 1.82) is 0 Å². The molecule has 2 aliphatic rings. The van der Waals surface area contributed by atoms with E-state index in [1.807, 2.05) is 18.3 Å². The number of hydrogen-bond donors (Lipinski definition) is 0. The van der Waals surface area contributed by atoms with Crippen LogP contribution in [0.3, 0.4) is 0 Å². The van der Waals surface area contributed by atoms with E-state index in [1.54, 1.807) is 0 Å². The molecule has 1 saturated carbocycles. The second-order valence-electron chi connectivity index (χ2n) is 9.27. The minimum absolute atomic E-state index is 0.207. The highest BCUT2D eigenvalue weighted by Gasteiger charge is 2.26. The zero-order valence-electron chi connectivity index (χ0n) is 18.2. The van der Waals surface area contributed by atoms with Crippen molar-refractivity contribution >= 4 is 5.91 Å². The normalized spacial score (nSPS) is 20.1. The summed E-state index contributed by atoms with van der Waals surface area (Å²) in [5.74, 6) is 2.44. The van der Waals surface area contributed by atoms with E-state index in [1.165, 1.54) is 37.8 Å². The summed E-state index contributed by atoms with van der Waals surface area (Å²) in [6, 6.07) is 6.70. The molecular formula is C25H34FN3O. The molecule has 4 nitrogen and oxygen atoms in total. The average Bonchev–Trinajstić information content (AvgIpc) is 3.39. The molecular weight excluding hydrogens is 377 g/mol. The zero-order chi connectivity index (χ0) is 20.9. The third-order valence-corrected chi connectivity index (χ3v) is 6.98. The van der Waals surface area contributed by atoms with Crippen LogP contribution in [-0.2, 0) is 17.8 Å². The van der Waals surface area contributed by atoms with Crippen LogP contribution in [0.25, 0.3) is 0 Å². The topological polar surface area (TPSA) is 38.1 Å². The summed E-state index contributed by atoms with van der Waals surface area (Å²) in [4.78, 5) is 19.5. The van der Waals surface area contributed by atoms with E-state index >= 15 is 0 Å². The molecule has 1 aliphatic heterocycles. The minimum atomic E-state index is -0.207. The SMILES string of the molecule is Cc1cnc(CC2CCCN(C(=O)CCC3CCCC3)C2)n1Cc1ccc(F)cc1. The molecule has 1 aliphatic carbocycles. The number of imidazole rings is 1. The number of benzene rings is 1. The number of aromatic nitrogens is 2. The van der Waals surface area contributed by atoms with Gasteiger partial charge in [-0.25, -0.2) is 9.37 Å². The summed E-state index contributed by atoms with van der Waals surface area (Å²) in [6.45, 7) is 4.53. The predicted molar refractivity (Wildman–Crippen MR) is 117 cm³/mol. The summed E-state index contributed by atoms with van der Waals surface area (Å²) in [5.41, 5.74) is 2.20. The molecule has 0 bridgehead atoms. The lowest BCUT2D eigenvalue weighted by Gasteiger charge is -2.33. The van der Waals surface area contributed by atoms with Gasteiger partial charge in [0.05, 0.1) is 0 Å². The second kappa shape index (κ2) is 9.76. The second-order valence-corrected chi connectivity index (χ2v) is 9.27.